The zero-order chi connectivity index (χ0) is 29.7. The number of carbonyl (C=O) groups excluding carboxylic acids is 1. The van der Waals surface area contributed by atoms with Crippen LogP contribution in [0.2, 0.25) is 0 Å². The lowest BCUT2D eigenvalue weighted by atomic mass is 10.0. The predicted octanol–water partition coefficient (Wildman–Crippen LogP) is 7.21. The quantitative estimate of drug-likeness (QED) is 0.0431. The summed E-state index contributed by atoms with van der Waals surface area (Å²) in [7, 11) is -4.30. The molecule has 0 heterocycles. The van der Waals surface area contributed by atoms with Gasteiger partial charge in [0.25, 0.3) is 0 Å². The Hall–Kier alpha value is -0.540. The molecule has 0 amide bonds. The van der Waals surface area contributed by atoms with Gasteiger partial charge in [-0.25, -0.2) is 4.57 Å². The molecule has 10 heteroatoms. The first-order valence-electron chi connectivity index (χ1n) is 16.1. The summed E-state index contributed by atoms with van der Waals surface area (Å²) in [6, 6.07) is 0. The van der Waals surface area contributed by atoms with Crippen molar-refractivity contribution in [1.82, 2.24) is 0 Å². The van der Waals surface area contributed by atoms with Gasteiger partial charge in [0.15, 0.2) is 0 Å². The molecule has 240 valence electrons. The van der Waals surface area contributed by atoms with Crippen LogP contribution in [-0.2, 0) is 27.9 Å². The van der Waals surface area contributed by atoms with Crippen LogP contribution < -0.4 is 5.73 Å². The van der Waals surface area contributed by atoms with E-state index in [4.69, 9.17) is 24.3 Å². The number of hydrogen-bond donors (Lipinski definition) is 3. The Morgan fingerprint density at radius 2 is 1.27 bits per heavy atom. The normalized spacial score (nSPS) is 14.6. The number of phosphoric acid groups is 1. The second-order valence-corrected chi connectivity index (χ2v) is 12.1. The number of hydrogen-bond acceptors (Lipinski definition) is 8. The third-order valence-corrected chi connectivity index (χ3v) is 8.04. The van der Waals surface area contributed by atoms with E-state index >= 15 is 0 Å². The number of carbonyl (C=O) groups is 1. The zero-order valence-corrected chi connectivity index (χ0v) is 26.6. The Labute approximate surface area is 244 Å². The second-order valence-electron chi connectivity index (χ2n) is 10.7. The number of ether oxygens (including phenoxy) is 2. The molecule has 3 atom stereocenters. The average molecular weight is 596 g/mol. The van der Waals surface area contributed by atoms with Crippen LogP contribution in [0.5, 0.6) is 0 Å². The molecule has 0 aliphatic rings. The summed E-state index contributed by atoms with van der Waals surface area (Å²) in [6.07, 6.45) is 20.2. The Morgan fingerprint density at radius 1 is 0.750 bits per heavy atom. The van der Waals surface area contributed by atoms with Crippen LogP contribution in [0.25, 0.3) is 0 Å². The molecule has 9 nitrogen and oxygen atoms in total. The summed E-state index contributed by atoms with van der Waals surface area (Å²) in [5.74, 6) is -0.173. The van der Waals surface area contributed by atoms with Gasteiger partial charge in [0.1, 0.15) is 6.10 Å². The highest BCUT2D eigenvalue weighted by molar-refractivity contribution is 7.47. The molecular weight excluding hydrogens is 533 g/mol. The molecular formula is C30H62NO8P. The number of nitrogens with two attached hydrogens (primary N) is 1. The van der Waals surface area contributed by atoms with E-state index in [1.54, 1.807) is 6.92 Å². The summed E-state index contributed by atoms with van der Waals surface area (Å²) < 4.78 is 33.5. The van der Waals surface area contributed by atoms with Crippen molar-refractivity contribution in [3.8, 4) is 0 Å². The fraction of sp³-hybridized carbons (Fsp3) is 0.967. The molecule has 0 aliphatic carbocycles. The molecule has 0 spiro atoms. The van der Waals surface area contributed by atoms with Crippen LogP contribution in [0.3, 0.4) is 0 Å². The molecule has 0 aromatic rings. The molecule has 0 fully saturated rings. The summed E-state index contributed by atoms with van der Waals surface area (Å²) in [6.45, 7) is 4.54. The van der Waals surface area contributed by atoms with Crippen molar-refractivity contribution in [2.24, 2.45) is 5.73 Å². The van der Waals surface area contributed by atoms with E-state index in [1.165, 1.54) is 70.6 Å². The van der Waals surface area contributed by atoms with Gasteiger partial charge in [0.05, 0.1) is 25.9 Å². The monoisotopic (exact) mass is 595 g/mol. The summed E-state index contributed by atoms with van der Waals surface area (Å²) in [4.78, 5) is 21.5. The van der Waals surface area contributed by atoms with Crippen LogP contribution in [0, 0.1) is 0 Å². The maximum atomic E-state index is 12.4. The number of rotatable bonds is 31. The van der Waals surface area contributed by atoms with Gasteiger partial charge in [-0.05, 0) is 26.2 Å². The van der Waals surface area contributed by atoms with Crippen LogP contribution in [0.4, 0.5) is 0 Å². The molecule has 0 bridgehead atoms. The van der Waals surface area contributed by atoms with Crippen LogP contribution in [0.15, 0.2) is 0 Å². The Morgan fingerprint density at radius 3 is 1.80 bits per heavy atom. The first kappa shape index (κ1) is 39.5. The second kappa shape index (κ2) is 28.6. The van der Waals surface area contributed by atoms with Crippen molar-refractivity contribution >= 4 is 13.8 Å². The summed E-state index contributed by atoms with van der Waals surface area (Å²) in [5.41, 5.74) is 5.39. The van der Waals surface area contributed by atoms with Crippen LogP contribution >= 0.6 is 7.82 Å². The standard InChI is InChI=1S/C30H62NO8P/c1-3-5-6-7-8-9-10-11-12-13-14-15-16-19-22-28(39-40(34,35)38-26-24-31)29(27-32)37-25-21-18-17-20-23-30(33)36-4-2/h28-29,32H,3-27,31H2,1-2H3,(H,34,35)/t28-,29+/m1/s1. The van der Waals surface area contributed by atoms with Gasteiger partial charge in [-0.1, -0.05) is 110 Å². The number of unbranched alkanes of at least 4 members (excludes halogenated alkanes) is 16. The van der Waals surface area contributed by atoms with Gasteiger partial charge in [0.2, 0.25) is 0 Å². The van der Waals surface area contributed by atoms with E-state index in [0.29, 0.717) is 26.1 Å². The molecule has 0 aliphatic heterocycles. The van der Waals surface area contributed by atoms with Crippen molar-refractivity contribution in [2.75, 3.05) is 33.0 Å². The summed E-state index contributed by atoms with van der Waals surface area (Å²) in [5, 5.41) is 9.95. The van der Waals surface area contributed by atoms with Crippen LogP contribution in [-0.4, -0.2) is 61.1 Å². The third kappa shape index (κ3) is 25.2. The largest absolute Gasteiger partial charge is 0.472 e. The van der Waals surface area contributed by atoms with Gasteiger partial charge in [-0.3, -0.25) is 13.8 Å². The minimum atomic E-state index is -4.30. The lowest BCUT2D eigenvalue weighted by Gasteiger charge is -2.27. The number of esters is 1. The molecule has 40 heavy (non-hydrogen) atoms. The molecule has 0 saturated carbocycles. The van der Waals surface area contributed by atoms with Crippen LogP contribution in [0.1, 0.15) is 142 Å². The molecule has 0 radical (unpaired) electrons. The van der Waals surface area contributed by atoms with Crippen molar-refractivity contribution < 1.29 is 37.9 Å². The minimum Gasteiger partial charge on any atom is -0.466 e. The lowest BCUT2D eigenvalue weighted by Crippen LogP contribution is -2.35. The fourth-order valence-electron chi connectivity index (χ4n) is 4.69. The van der Waals surface area contributed by atoms with Gasteiger partial charge < -0.3 is 25.2 Å². The highest BCUT2D eigenvalue weighted by Gasteiger charge is 2.32. The Kier molecular flexibility index (Phi) is 28.2. The first-order valence-corrected chi connectivity index (χ1v) is 17.6. The Balaban J connectivity index is 4.29. The average Bonchev–Trinajstić information content (AvgIpc) is 2.93. The number of aliphatic hydroxyl groups is 1. The highest BCUT2D eigenvalue weighted by Crippen LogP contribution is 2.45. The smallest absolute Gasteiger partial charge is 0.466 e. The van der Waals surface area contributed by atoms with Gasteiger partial charge in [0, 0.05) is 19.6 Å². The van der Waals surface area contributed by atoms with Crippen molar-refractivity contribution in [1.29, 1.82) is 0 Å². The topological polar surface area (TPSA) is 138 Å². The Bertz CT molecular complexity index is 610. The molecule has 4 N–H and O–H groups in total. The van der Waals surface area contributed by atoms with Gasteiger partial charge >= 0.3 is 13.8 Å². The third-order valence-electron chi connectivity index (χ3n) is 6.99. The predicted molar refractivity (Wildman–Crippen MR) is 161 cm³/mol. The first-order chi connectivity index (χ1) is 19.4. The number of aliphatic hydroxyl groups excluding tert-OH is 1. The van der Waals surface area contributed by atoms with E-state index in [1.807, 2.05) is 0 Å². The molecule has 0 rings (SSSR count). The number of phosphoric ester groups is 1. The van der Waals surface area contributed by atoms with E-state index in [0.717, 1.165) is 44.9 Å². The van der Waals surface area contributed by atoms with E-state index < -0.39 is 20.0 Å². The highest BCUT2D eigenvalue weighted by atomic mass is 31.2. The molecule has 1 unspecified atom stereocenters. The van der Waals surface area contributed by atoms with Crippen molar-refractivity contribution in [2.45, 2.75) is 154 Å². The maximum Gasteiger partial charge on any atom is 0.472 e. The van der Waals surface area contributed by atoms with Crippen molar-refractivity contribution in [3.63, 3.8) is 0 Å². The zero-order valence-electron chi connectivity index (χ0n) is 25.7. The van der Waals surface area contributed by atoms with Gasteiger partial charge in [-0.15, -0.1) is 0 Å². The fourth-order valence-corrected chi connectivity index (χ4v) is 5.67. The molecule has 0 saturated heterocycles. The van der Waals surface area contributed by atoms with Crippen molar-refractivity contribution in [3.05, 3.63) is 0 Å². The van der Waals surface area contributed by atoms with Gasteiger partial charge in [-0.2, -0.15) is 0 Å². The van der Waals surface area contributed by atoms with E-state index in [9.17, 15) is 19.4 Å². The SMILES string of the molecule is CCCCCCCCCCCCCCCC[C@@H](OP(=O)(O)OCCN)[C@H](CO)OCCCCCCC(=O)OCC. The lowest BCUT2D eigenvalue weighted by molar-refractivity contribution is -0.143. The molecule has 0 aromatic heterocycles. The summed E-state index contributed by atoms with van der Waals surface area (Å²) >= 11 is 0. The minimum absolute atomic E-state index is 0.0875. The maximum absolute atomic E-state index is 12.4. The molecule has 0 aromatic carbocycles. The van der Waals surface area contributed by atoms with E-state index in [-0.39, 0.29) is 25.7 Å². The van der Waals surface area contributed by atoms with E-state index in [2.05, 4.69) is 6.92 Å².